The second-order valence-corrected chi connectivity index (χ2v) is 4.15. The zero-order valence-electron chi connectivity index (χ0n) is 10.6. The molecule has 1 aromatic carbocycles. The van der Waals surface area contributed by atoms with Gasteiger partial charge in [-0.3, -0.25) is 0 Å². The smallest absolute Gasteiger partial charge is 0.219 e. The topological polar surface area (TPSA) is 69.7 Å². The molecule has 0 unspecified atom stereocenters. The van der Waals surface area contributed by atoms with Crippen LogP contribution in [0.5, 0.6) is 11.6 Å². The molecule has 4 nitrogen and oxygen atoms in total. The van der Waals surface area contributed by atoms with Crippen LogP contribution in [0.25, 0.3) is 0 Å². The number of aromatic nitrogens is 1. The summed E-state index contributed by atoms with van der Waals surface area (Å²) in [6.45, 7) is 3.76. The van der Waals surface area contributed by atoms with Crippen LogP contribution < -0.4 is 4.74 Å². The molecule has 0 saturated carbocycles. The summed E-state index contributed by atoms with van der Waals surface area (Å²) < 4.78 is 5.71. The quantitative estimate of drug-likeness (QED) is 0.819. The summed E-state index contributed by atoms with van der Waals surface area (Å²) in [5, 5.41) is 17.6. The largest absolute Gasteiger partial charge is 0.438 e. The minimum atomic E-state index is 0.426. The summed E-state index contributed by atoms with van der Waals surface area (Å²) in [4.78, 5) is 4.06. The van der Waals surface area contributed by atoms with Gasteiger partial charge in [-0.05, 0) is 43.2 Å². The Hall–Kier alpha value is -2.85. The second-order valence-electron chi connectivity index (χ2n) is 4.15. The van der Waals surface area contributed by atoms with E-state index in [4.69, 9.17) is 15.3 Å². The number of ether oxygens (including phenoxy) is 1. The number of hydrogen-bond donors (Lipinski definition) is 0. The van der Waals surface area contributed by atoms with Gasteiger partial charge in [-0.1, -0.05) is 0 Å². The fourth-order valence-electron chi connectivity index (χ4n) is 1.79. The number of aryl methyl sites for hydroxylation is 2. The Kier molecular flexibility index (Phi) is 3.45. The maximum absolute atomic E-state index is 8.89. The highest BCUT2D eigenvalue weighted by atomic mass is 16.5. The van der Waals surface area contributed by atoms with Crippen LogP contribution in [0, 0.1) is 36.5 Å². The normalized spacial score (nSPS) is 9.47. The summed E-state index contributed by atoms with van der Waals surface area (Å²) in [7, 11) is 0. The Morgan fingerprint density at radius 1 is 1.00 bits per heavy atom. The molecule has 0 N–H and O–H groups in total. The summed E-state index contributed by atoms with van der Waals surface area (Å²) >= 11 is 0. The van der Waals surface area contributed by atoms with E-state index in [9.17, 15) is 0 Å². The van der Waals surface area contributed by atoms with Crippen molar-refractivity contribution in [2.45, 2.75) is 13.8 Å². The third-order valence-electron chi connectivity index (χ3n) is 2.66. The minimum Gasteiger partial charge on any atom is -0.438 e. The zero-order chi connectivity index (χ0) is 13.8. The lowest BCUT2D eigenvalue weighted by atomic mass is 10.1. The van der Waals surface area contributed by atoms with Gasteiger partial charge >= 0.3 is 0 Å². The fourth-order valence-corrected chi connectivity index (χ4v) is 1.79. The number of hydrogen-bond acceptors (Lipinski definition) is 4. The first-order valence-corrected chi connectivity index (χ1v) is 5.69. The molecule has 0 bridgehead atoms. The van der Waals surface area contributed by atoms with Crippen molar-refractivity contribution in [3.05, 3.63) is 52.7 Å². The van der Waals surface area contributed by atoms with Gasteiger partial charge in [-0.15, -0.1) is 0 Å². The predicted octanol–water partition coefficient (Wildman–Crippen LogP) is 3.23. The van der Waals surface area contributed by atoms with E-state index in [2.05, 4.69) is 11.1 Å². The number of nitrogens with zero attached hydrogens (tertiary/aromatic N) is 3. The van der Waals surface area contributed by atoms with Crippen molar-refractivity contribution in [1.82, 2.24) is 4.98 Å². The highest BCUT2D eigenvalue weighted by molar-refractivity contribution is 5.48. The summed E-state index contributed by atoms with van der Waals surface area (Å²) in [6, 6.07) is 10.9. The molecule has 0 radical (unpaired) electrons. The van der Waals surface area contributed by atoms with Gasteiger partial charge in [0.05, 0.1) is 17.2 Å². The van der Waals surface area contributed by atoms with Crippen LogP contribution in [-0.2, 0) is 0 Å². The van der Waals surface area contributed by atoms with Crippen LogP contribution >= 0.6 is 0 Å². The van der Waals surface area contributed by atoms with Crippen LogP contribution in [-0.4, -0.2) is 4.98 Å². The van der Waals surface area contributed by atoms with Crippen molar-refractivity contribution in [2.75, 3.05) is 0 Å². The molecular formula is C15H11N3O. The average Bonchev–Trinajstić information content (AvgIpc) is 2.43. The van der Waals surface area contributed by atoms with E-state index in [1.807, 2.05) is 19.9 Å². The molecular weight excluding hydrogens is 238 g/mol. The van der Waals surface area contributed by atoms with E-state index in [-0.39, 0.29) is 0 Å². The molecule has 2 rings (SSSR count). The highest BCUT2D eigenvalue weighted by Crippen LogP contribution is 2.28. The first kappa shape index (κ1) is 12.6. The van der Waals surface area contributed by atoms with Crippen molar-refractivity contribution in [3.8, 4) is 23.8 Å². The van der Waals surface area contributed by atoms with Crippen molar-refractivity contribution in [1.29, 1.82) is 10.5 Å². The van der Waals surface area contributed by atoms with E-state index in [1.165, 1.54) is 6.20 Å². The second kappa shape index (κ2) is 5.20. The molecule has 0 amide bonds. The van der Waals surface area contributed by atoms with Gasteiger partial charge in [0.25, 0.3) is 0 Å². The molecule has 92 valence electrons. The van der Waals surface area contributed by atoms with Crippen molar-refractivity contribution in [2.24, 2.45) is 0 Å². The van der Waals surface area contributed by atoms with Gasteiger partial charge in [-0.25, -0.2) is 4.98 Å². The Labute approximate surface area is 111 Å². The van der Waals surface area contributed by atoms with Gasteiger partial charge in [0, 0.05) is 12.3 Å². The number of nitriles is 2. The predicted molar refractivity (Wildman–Crippen MR) is 69.7 cm³/mol. The Balaban J connectivity index is 2.33. The summed E-state index contributed by atoms with van der Waals surface area (Å²) in [5.41, 5.74) is 2.85. The van der Waals surface area contributed by atoms with Gasteiger partial charge in [-0.2, -0.15) is 10.5 Å². The highest BCUT2D eigenvalue weighted by Gasteiger charge is 2.08. The zero-order valence-corrected chi connectivity index (χ0v) is 10.6. The first-order chi connectivity index (χ1) is 9.13. The minimum absolute atomic E-state index is 0.426. The van der Waals surface area contributed by atoms with E-state index >= 15 is 0 Å². The maximum Gasteiger partial charge on any atom is 0.219 e. The lowest BCUT2D eigenvalue weighted by molar-refractivity contribution is 0.456. The Morgan fingerprint density at radius 2 is 1.63 bits per heavy atom. The van der Waals surface area contributed by atoms with Gasteiger partial charge in [0.2, 0.25) is 5.88 Å². The standard InChI is InChI=1S/C15H11N3O/c1-10-5-13(8-17)6-11(2)15(10)19-14-4-3-12(7-16)9-18-14/h3-6,9H,1-2H3. The Morgan fingerprint density at radius 3 is 2.11 bits per heavy atom. The molecule has 0 aliphatic heterocycles. The molecule has 0 spiro atoms. The van der Waals surface area contributed by atoms with Crippen LogP contribution in [0.15, 0.2) is 30.5 Å². The van der Waals surface area contributed by atoms with E-state index in [1.54, 1.807) is 24.3 Å². The summed E-state index contributed by atoms with van der Waals surface area (Å²) in [6.07, 6.45) is 1.46. The summed E-state index contributed by atoms with van der Waals surface area (Å²) in [5.74, 6) is 1.12. The molecule has 1 heterocycles. The van der Waals surface area contributed by atoms with Crippen LogP contribution in [0.3, 0.4) is 0 Å². The molecule has 0 aliphatic rings. The molecule has 4 heteroatoms. The number of pyridine rings is 1. The van der Waals surface area contributed by atoms with Crippen LogP contribution in [0.1, 0.15) is 22.3 Å². The molecule has 0 fully saturated rings. The monoisotopic (exact) mass is 249 g/mol. The first-order valence-electron chi connectivity index (χ1n) is 5.69. The molecule has 0 atom stereocenters. The third-order valence-corrected chi connectivity index (χ3v) is 2.66. The van der Waals surface area contributed by atoms with Crippen molar-refractivity contribution < 1.29 is 4.74 Å². The van der Waals surface area contributed by atoms with Crippen LogP contribution in [0.2, 0.25) is 0 Å². The average molecular weight is 249 g/mol. The van der Waals surface area contributed by atoms with E-state index in [0.717, 1.165) is 11.1 Å². The van der Waals surface area contributed by atoms with E-state index < -0.39 is 0 Å². The molecule has 19 heavy (non-hydrogen) atoms. The van der Waals surface area contributed by atoms with Crippen molar-refractivity contribution in [3.63, 3.8) is 0 Å². The SMILES string of the molecule is Cc1cc(C#N)cc(C)c1Oc1ccc(C#N)cn1. The maximum atomic E-state index is 8.89. The van der Waals surface area contributed by atoms with Gasteiger partial charge in [0.15, 0.2) is 0 Å². The van der Waals surface area contributed by atoms with Crippen molar-refractivity contribution >= 4 is 0 Å². The lowest BCUT2D eigenvalue weighted by Gasteiger charge is -2.11. The Bertz CT molecular complexity index is 668. The molecule has 1 aromatic heterocycles. The third kappa shape index (κ3) is 2.70. The van der Waals surface area contributed by atoms with Gasteiger partial charge in [0.1, 0.15) is 11.8 Å². The lowest BCUT2D eigenvalue weighted by Crippen LogP contribution is -1.94. The number of rotatable bonds is 2. The fraction of sp³-hybridized carbons (Fsp3) is 0.133. The number of benzene rings is 1. The molecule has 0 saturated heterocycles. The van der Waals surface area contributed by atoms with E-state index in [0.29, 0.717) is 22.8 Å². The van der Waals surface area contributed by atoms with Gasteiger partial charge < -0.3 is 4.74 Å². The molecule has 2 aromatic rings. The van der Waals surface area contributed by atoms with Crippen LogP contribution in [0.4, 0.5) is 0 Å². The molecule has 0 aliphatic carbocycles.